The summed E-state index contributed by atoms with van der Waals surface area (Å²) in [6.07, 6.45) is 43.7. The Balaban J connectivity index is 0.000000423. The van der Waals surface area contributed by atoms with Gasteiger partial charge < -0.3 is 42.0 Å². The lowest BCUT2D eigenvalue weighted by molar-refractivity contribution is 0.262. The van der Waals surface area contributed by atoms with Gasteiger partial charge in [0.05, 0.1) is 67.3 Å². The van der Waals surface area contributed by atoms with Gasteiger partial charge in [-0.3, -0.25) is 32.1 Å². The number of hydrogen-bond donors (Lipinski definition) is 12. The summed E-state index contributed by atoms with van der Waals surface area (Å²) in [5, 5.41) is 41.4. The van der Waals surface area contributed by atoms with Crippen molar-refractivity contribution in [3.8, 4) is 0 Å². The SMILES string of the molecule is C=C1C=CC=NN1.C=C1C=CN=CN1.C=C1C=CN=NN1.C=C1C=NC=CN1.C=C1C=NC=NN1.C=C1COC=CN1.C=C1N=CC=CN1.C=C1N=CC=NN1.C=C1N=CC=NN1.C=C1N=CNC=N1.C=C1NC=CCN1. The van der Waals surface area contributed by atoms with Gasteiger partial charge in [-0.2, -0.15) is 20.4 Å². The highest BCUT2D eigenvalue weighted by Gasteiger charge is 1.93. The van der Waals surface area contributed by atoms with E-state index in [4.69, 9.17) is 4.74 Å². The number of allylic oxidation sites excluding steroid dienone is 7. The summed E-state index contributed by atoms with van der Waals surface area (Å²) in [6, 6.07) is 0. The maximum absolute atomic E-state index is 4.84. The Morgan fingerprint density at radius 2 is 1.13 bits per heavy atom. The lowest BCUT2D eigenvalue weighted by Gasteiger charge is -2.10. The molecular formula is C50H64N26O. The minimum Gasteiger partial charge on any atom is -0.494 e. The van der Waals surface area contributed by atoms with Crippen LogP contribution in [0.4, 0.5) is 0 Å². The van der Waals surface area contributed by atoms with Crippen LogP contribution in [0.1, 0.15) is 0 Å². The molecular weight excluding hydrogens is 981 g/mol. The summed E-state index contributed by atoms with van der Waals surface area (Å²) in [5.41, 5.74) is 17.9. The molecule has 11 heterocycles. The van der Waals surface area contributed by atoms with Crippen LogP contribution in [-0.4, -0.2) is 88.2 Å². The van der Waals surface area contributed by atoms with Crippen LogP contribution in [0.2, 0.25) is 0 Å². The smallest absolute Gasteiger partial charge is 0.148 e. The zero-order valence-electron chi connectivity index (χ0n) is 42.4. The molecule has 77 heavy (non-hydrogen) atoms. The molecule has 0 amide bonds. The third-order valence-electron chi connectivity index (χ3n) is 7.06. The Bertz CT molecular complexity index is 2220. The molecule has 0 unspecified atom stereocenters. The van der Waals surface area contributed by atoms with Gasteiger partial charge in [0.25, 0.3) is 0 Å². The summed E-state index contributed by atoms with van der Waals surface area (Å²) < 4.78 is 4.84. The second-order valence-electron chi connectivity index (χ2n) is 13.5. The number of nitrogens with one attached hydrogen (secondary N) is 12. The molecule has 27 nitrogen and oxygen atoms in total. The molecule has 0 bridgehead atoms. The first-order chi connectivity index (χ1) is 37.3. The van der Waals surface area contributed by atoms with E-state index in [2.05, 4.69) is 207 Å². The molecule has 0 aromatic heterocycles. The van der Waals surface area contributed by atoms with E-state index < -0.39 is 0 Å². The Morgan fingerprint density at radius 3 is 1.39 bits per heavy atom. The predicted octanol–water partition coefficient (Wildman–Crippen LogP) is 4.79. The Hall–Kier alpha value is -11.6. The van der Waals surface area contributed by atoms with Crippen LogP contribution in [0.3, 0.4) is 0 Å². The number of ether oxygens (including phenoxy) is 1. The molecule has 0 aromatic rings. The third kappa shape index (κ3) is 42.9. The first-order valence-corrected chi connectivity index (χ1v) is 22.0. The van der Waals surface area contributed by atoms with Crippen LogP contribution in [0, 0.1) is 0 Å². The molecule has 0 saturated carbocycles. The summed E-state index contributed by atoms with van der Waals surface area (Å²) >= 11 is 0. The van der Waals surface area contributed by atoms with Crippen LogP contribution < -0.4 is 64.3 Å². The lowest BCUT2D eigenvalue weighted by Crippen LogP contribution is -2.25. The molecule has 11 aliphatic heterocycles. The fraction of sp³-hybridized carbons (Fsp3) is 0.0400. The van der Waals surface area contributed by atoms with Crippen LogP contribution >= 0.6 is 0 Å². The molecule has 0 atom stereocenters. The largest absolute Gasteiger partial charge is 0.494 e. The number of hydrogen-bond acceptors (Lipinski definition) is 27. The lowest BCUT2D eigenvalue weighted by atomic mass is 10.4. The molecule has 0 fully saturated rings. The van der Waals surface area contributed by atoms with Crippen molar-refractivity contribution < 1.29 is 4.74 Å². The van der Waals surface area contributed by atoms with Gasteiger partial charge in [-0.1, -0.05) is 77.6 Å². The minimum absolute atomic E-state index is 0.541. The van der Waals surface area contributed by atoms with E-state index in [1.165, 1.54) is 19.0 Å². The first kappa shape index (κ1) is 63.4. The molecule has 0 radical (unpaired) electrons. The van der Waals surface area contributed by atoms with E-state index >= 15 is 0 Å². The van der Waals surface area contributed by atoms with E-state index in [0.29, 0.717) is 29.9 Å². The average Bonchev–Trinajstić information content (AvgIpc) is 3.45. The van der Waals surface area contributed by atoms with Crippen molar-refractivity contribution in [1.29, 1.82) is 0 Å². The number of nitrogens with zero attached hydrogens (tertiary/aromatic N) is 14. The predicted molar refractivity (Wildman–Crippen MR) is 320 cm³/mol. The number of rotatable bonds is 0. The van der Waals surface area contributed by atoms with Crippen molar-refractivity contribution in [1.82, 2.24) is 64.3 Å². The van der Waals surface area contributed by atoms with Crippen molar-refractivity contribution in [2.75, 3.05) is 13.2 Å². The molecule has 11 aliphatic rings. The minimum atomic E-state index is 0.541. The Labute approximate surface area is 448 Å². The van der Waals surface area contributed by atoms with Crippen LogP contribution in [0.25, 0.3) is 0 Å². The van der Waals surface area contributed by atoms with Gasteiger partial charge in [0.2, 0.25) is 0 Å². The maximum Gasteiger partial charge on any atom is 0.148 e. The number of hydrazone groups is 4. The molecule has 0 spiro atoms. The van der Waals surface area contributed by atoms with Crippen molar-refractivity contribution in [2.45, 2.75) is 0 Å². The second kappa shape index (κ2) is 44.3. The molecule has 0 aliphatic carbocycles. The summed E-state index contributed by atoms with van der Waals surface area (Å²) in [6.45, 7) is 40.7. The highest BCUT2D eigenvalue weighted by molar-refractivity contribution is 6.17. The monoisotopic (exact) mass is 1040 g/mol. The van der Waals surface area contributed by atoms with Crippen LogP contribution in [0.15, 0.2) is 292 Å². The van der Waals surface area contributed by atoms with Crippen molar-refractivity contribution in [2.24, 2.45) is 70.7 Å². The number of aliphatic imine (C=N–C) groups is 8. The molecule has 0 saturated heterocycles. The topological polar surface area (TPSA) is 327 Å². The molecule has 12 N–H and O–H groups in total. The fourth-order valence-electron chi connectivity index (χ4n) is 3.73. The van der Waals surface area contributed by atoms with Gasteiger partial charge in [0.15, 0.2) is 0 Å². The zero-order valence-corrected chi connectivity index (χ0v) is 42.4. The second-order valence-corrected chi connectivity index (χ2v) is 13.5. The maximum atomic E-state index is 4.84. The molecule has 11 rings (SSSR count). The fourth-order valence-corrected chi connectivity index (χ4v) is 3.73. The summed E-state index contributed by atoms with van der Waals surface area (Å²) in [7, 11) is 0. The van der Waals surface area contributed by atoms with E-state index in [0.717, 1.165) is 46.5 Å². The van der Waals surface area contributed by atoms with Crippen molar-refractivity contribution in [3.05, 3.63) is 222 Å². The Morgan fingerprint density at radius 1 is 0.455 bits per heavy atom. The van der Waals surface area contributed by atoms with Gasteiger partial charge >= 0.3 is 0 Å². The zero-order chi connectivity index (χ0) is 56.2. The van der Waals surface area contributed by atoms with Crippen molar-refractivity contribution in [3.63, 3.8) is 0 Å². The van der Waals surface area contributed by atoms with E-state index in [1.54, 1.807) is 112 Å². The quantitative estimate of drug-likeness (QED) is 0.156. The van der Waals surface area contributed by atoms with Crippen LogP contribution in [-0.2, 0) is 4.74 Å². The van der Waals surface area contributed by atoms with E-state index in [-0.39, 0.29) is 0 Å². The standard InChI is InChI=1S/2C5H6N2.C5H8N2.2C5H6N2.C5H7NO.5C4H5N3/c1-5-4-6-2-3-7-5;1-5-2-3-6-4-7-5;2*1-5-6-3-2-4-7-5;1-5-3-2-4-6-7-5;1-5-4-7-3-2-6-5;1-4-6-2-5-3-7-4;1-4-2-5-3-6-7-4;2*1-4-5-2-3-6-7-4;1-4-2-3-5-7-6-4/h2-4,7H,1H2;2-4H,1H2,(H,6,7);2-3,6-7H,1,4H2;2-4,6H,1H2;2-4,7H,1H2;2-3,6H,1,4H2;2-3H,1H2,(H,5,6,7);3*2-3,7H,1H2;2-3H,1H2,(H,5,6). The average molecular weight is 1050 g/mol. The third-order valence-corrected chi connectivity index (χ3v) is 7.06. The van der Waals surface area contributed by atoms with Gasteiger partial charge in [0, 0.05) is 97.6 Å². The van der Waals surface area contributed by atoms with Gasteiger partial charge in [-0.05, 0) is 36.5 Å². The van der Waals surface area contributed by atoms with Crippen LogP contribution in [0.5, 0.6) is 0 Å². The van der Waals surface area contributed by atoms with Gasteiger partial charge in [-0.15, -0.1) is 5.11 Å². The molecule has 27 heteroatoms. The van der Waals surface area contributed by atoms with Gasteiger partial charge in [-0.25, -0.2) is 34.9 Å². The highest BCUT2D eigenvalue weighted by Crippen LogP contribution is 1.95. The van der Waals surface area contributed by atoms with Crippen molar-refractivity contribution >= 4 is 75.1 Å². The van der Waals surface area contributed by atoms with E-state index in [1.807, 2.05) is 30.5 Å². The van der Waals surface area contributed by atoms with E-state index in [9.17, 15) is 0 Å². The first-order valence-electron chi connectivity index (χ1n) is 22.0. The molecule has 400 valence electrons. The van der Waals surface area contributed by atoms with Gasteiger partial charge in [0.1, 0.15) is 36.2 Å². The molecule has 0 aromatic carbocycles. The normalized spacial score (nSPS) is 17.1. The summed E-state index contributed by atoms with van der Waals surface area (Å²) in [5.74, 6) is 3.29. The summed E-state index contributed by atoms with van der Waals surface area (Å²) in [4.78, 5) is 29.9. The highest BCUT2D eigenvalue weighted by atomic mass is 16.5. The Kier molecular flexibility index (Phi) is 36.5.